The number of ether oxygens (including phenoxy) is 1. The lowest BCUT2D eigenvalue weighted by molar-refractivity contribution is -0.141. The van der Waals surface area contributed by atoms with Gasteiger partial charge in [0.05, 0.1) is 17.9 Å². The first-order valence-corrected chi connectivity index (χ1v) is 16.3. The fourth-order valence-electron chi connectivity index (χ4n) is 8.30. The third-order valence-corrected chi connectivity index (χ3v) is 10.9. The SMILES string of the molecule is CC1CCCN(CCCN2C(=O)C3C(C(=O)Nc4cccc(Cl)c4)C4C=CC3(O4)C2C(=O)NC2CCCC(C)C2C)C1. The molecular formula is C33H45ClN4O4. The van der Waals surface area contributed by atoms with Crippen LogP contribution in [0.25, 0.3) is 0 Å². The summed E-state index contributed by atoms with van der Waals surface area (Å²) in [5.41, 5.74) is -0.577. The topological polar surface area (TPSA) is 91.0 Å². The van der Waals surface area contributed by atoms with Crippen LogP contribution in [0.15, 0.2) is 36.4 Å². The Morgan fingerprint density at radius 2 is 1.93 bits per heavy atom. The number of rotatable bonds is 8. The van der Waals surface area contributed by atoms with Crippen molar-refractivity contribution in [3.8, 4) is 0 Å². The Morgan fingerprint density at radius 3 is 2.71 bits per heavy atom. The van der Waals surface area contributed by atoms with Crippen molar-refractivity contribution in [2.45, 2.75) is 83.1 Å². The van der Waals surface area contributed by atoms with Gasteiger partial charge in [-0.25, -0.2) is 0 Å². The second-order valence-electron chi connectivity index (χ2n) is 13.5. The standard InChI is InChI=1S/C33H45ClN4O4/c1-20-8-6-15-37(19-20)16-7-17-38-29(31(40)36-25-12-4-9-21(2)22(25)3)33-14-13-26(42-33)27(28(33)32(38)41)30(39)35-24-11-5-10-23(34)18-24/h5,10-11,13-14,18,20-22,25-29H,4,6-9,12,15-17,19H2,1-3H3,(H,35,39)(H,36,40). The fraction of sp³-hybridized carbons (Fsp3) is 0.667. The molecule has 9 unspecified atom stereocenters. The molecule has 1 saturated carbocycles. The van der Waals surface area contributed by atoms with Gasteiger partial charge in [0.25, 0.3) is 0 Å². The maximum absolute atomic E-state index is 14.3. The van der Waals surface area contributed by atoms with Crippen molar-refractivity contribution in [2.24, 2.45) is 29.6 Å². The summed E-state index contributed by atoms with van der Waals surface area (Å²) < 4.78 is 6.53. The quantitative estimate of drug-likeness (QED) is 0.432. The third-order valence-electron chi connectivity index (χ3n) is 10.7. The highest BCUT2D eigenvalue weighted by Gasteiger charge is 2.72. The smallest absolute Gasteiger partial charge is 0.246 e. The molecule has 1 aliphatic carbocycles. The Morgan fingerprint density at radius 1 is 1.10 bits per heavy atom. The zero-order valence-electron chi connectivity index (χ0n) is 25.1. The Hall–Kier alpha value is -2.42. The van der Waals surface area contributed by atoms with E-state index in [9.17, 15) is 14.4 Å². The number of carbonyl (C=O) groups excluding carboxylic acids is 3. The summed E-state index contributed by atoms with van der Waals surface area (Å²) in [6, 6.07) is 6.24. The van der Waals surface area contributed by atoms with Gasteiger partial charge in [-0.1, -0.05) is 63.4 Å². The van der Waals surface area contributed by atoms with Crippen LogP contribution in [0.1, 0.15) is 59.3 Å². The average molecular weight is 597 g/mol. The van der Waals surface area contributed by atoms with Crippen LogP contribution in [0.4, 0.5) is 5.69 Å². The maximum Gasteiger partial charge on any atom is 0.246 e. The van der Waals surface area contributed by atoms with E-state index in [1.807, 2.05) is 12.2 Å². The van der Waals surface area contributed by atoms with Gasteiger partial charge < -0.3 is 25.2 Å². The number of benzene rings is 1. The lowest BCUT2D eigenvalue weighted by atomic mass is 9.73. The van der Waals surface area contributed by atoms with E-state index >= 15 is 0 Å². The molecule has 2 bridgehead atoms. The van der Waals surface area contributed by atoms with E-state index in [1.54, 1.807) is 29.2 Å². The minimum atomic E-state index is -1.15. The van der Waals surface area contributed by atoms with Crippen molar-refractivity contribution in [3.63, 3.8) is 0 Å². The summed E-state index contributed by atoms with van der Waals surface area (Å²) in [6.07, 6.45) is 9.62. The average Bonchev–Trinajstić information content (AvgIpc) is 3.59. The molecule has 1 aromatic rings. The Kier molecular flexibility index (Phi) is 8.42. The van der Waals surface area contributed by atoms with Crippen molar-refractivity contribution >= 4 is 35.0 Å². The van der Waals surface area contributed by atoms with Gasteiger partial charge >= 0.3 is 0 Å². The van der Waals surface area contributed by atoms with Gasteiger partial charge in [0.2, 0.25) is 17.7 Å². The molecule has 8 nitrogen and oxygen atoms in total. The summed E-state index contributed by atoms with van der Waals surface area (Å²) in [5, 5.41) is 6.81. The minimum absolute atomic E-state index is 0.0630. The molecular weight excluding hydrogens is 552 g/mol. The molecule has 0 radical (unpaired) electrons. The van der Waals surface area contributed by atoms with E-state index in [1.165, 1.54) is 19.3 Å². The summed E-state index contributed by atoms with van der Waals surface area (Å²) in [5.74, 6) is -0.522. The molecule has 4 aliphatic heterocycles. The number of carbonyl (C=O) groups is 3. The zero-order valence-corrected chi connectivity index (χ0v) is 25.8. The molecule has 5 aliphatic rings. The van der Waals surface area contributed by atoms with Gasteiger partial charge in [-0.3, -0.25) is 14.4 Å². The number of hydrogen-bond acceptors (Lipinski definition) is 5. The maximum atomic E-state index is 14.3. The van der Waals surface area contributed by atoms with Gasteiger partial charge in [-0.05, 0) is 74.7 Å². The zero-order chi connectivity index (χ0) is 29.6. The van der Waals surface area contributed by atoms with Crippen LogP contribution in [0.2, 0.25) is 5.02 Å². The molecule has 228 valence electrons. The van der Waals surface area contributed by atoms with Gasteiger partial charge in [-0.15, -0.1) is 0 Å². The monoisotopic (exact) mass is 596 g/mol. The minimum Gasteiger partial charge on any atom is -0.359 e. The molecule has 9 atom stereocenters. The van der Waals surface area contributed by atoms with E-state index in [2.05, 4.69) is 36.3 Å². The van der Waals surface area contributed by atoms with Gasteiger partial charge in [0, 0.05) is 29.8 Å². The van der Waals surface area contributed by atoms with Crippen LogP contribution in [-0.4, -0.2) is 77.5 Å². The molecule has 2 N–H and O–H groups in total. The van der Waals surface area contributed by atoms with E-state index in [4.69, 9.17) is 16.3 Å². The largest absolute Gasteiger partial charge is 0.359 e. The molecule has 3 amide bonds. The molecule has 42 heavy (non-hydrogen) atoms. The third kappa shape index (κ3) is 5.39. The summed E-state index contributed by atoms with van der Waals surface area (Å²) in [7, 11) is 0. The molecule has 3 saturated heterocycles. The van der Waals surface area contributed by atoms with E-state index in [0.29, 0.717) is 35.0 Å². The van der Waals surface area contributed by atoms with Crippen molar-refractivity contribution in [2.75, 3.05) is 31.5 Å². The van der Waals surface area contributed by atoms with E-state index < -0.39 is 29.6 Å². The first kappa shape index (κ1) is 29.6. The van der Waals surface area contributed by atoms with Crippen LogP contribution >= 0.6 is 11.6 Å². The number of fused-ring (bicyclic) bond motifs is 1. The van der Waals surface area contributed by atoms with Crippen molar-refractivity contribution in [1.29, 1.82) is 0 Å². The number of halogens is 1. The molecule has 4 fully saturated rings. The molecule has 1 spiro atoms. The fourth-order valence-corrected chi connectivity index (χ4v) is 8.49. The van der Waals surface area contributed by atoms with Crippen LogP contribution in [0, 0.1) is 29.6 Å². The Labute approximate surface area is 254 Å². The molecule has 6 rings (SSSR count). The summed E-state index contributed by atoms with van der Waals surface area (Å²) in [6.45, 7) is 10.2. The number of hydrogen-bond donors (Lipinski definition) is 2. The lowest BCUT2D eigenvalue weighted by Gasteiger charge is -2.38. The van der Waals surface area contributed by atoms with Crippen LogP contribution in [0.5, 0.6) is 0 Å². The number of piperidine rings is 1. The Bertz CT molecular complexity index is 1240. The van der Waals surface area contributed by atoms with E-state index in [-0.39, 0.29) is 23.8 Å². The predicted molar refractivity (Wildman–Crippen MR) is 163 cm³/mol. The van der Waals surface area contributed by atoms with E-state index in [0.717, 1.165) is 38.9 Å². The number of amides is 3. The number of anilines is 1. The van der Waals surface area contributed by atoms with Crippen molar-refractivity contribution in [3.05, 3.63) is 41.4 Å². The predicted octanol–water partition coefficient (Wildman–Crippen LogP) is 4.49. The highest BCUT2D eigenvalue weighted by atomic mass is 35.5. The van der Waals surface area contributed by atoms with Crippen LogP contribution in [0.3, 0.4) is 0 Å². The highest BCUT2D eigenvalue weighted by molar-refractivity contribution is 6.30. The first-order chi connectivity index (χ1) is 20.2. The lowest BCUT2D eigenvalue weighted by Crippen LogP contribution is -2.58. The molecule has 4 heterocycles. The first-order valence-electron chi connectivity index (χ1n) is 15.9. The normalized spacial score (nSPS) is 37.6. The second-order valence-corrected chi connectivity index (χ2v) is 14.0. The number of likely N-dealkylation sites (tertiary alicyclic amines) is 2. The summed E-state index contributed by atoms with van der Waals surface area (Å²) >= 11 is 6.15. The highest BCUT2D eigenvalue weighted by Crippen LogP contribution is 2.55. The Balaban J connectivity index is 1.24. The van der Waals surface area contributed by atoms with Gasteiger partial charge in [0.1, 0.15) is 11.6 Å². The van der Waals surface area contributed by atoms with Crippen LogP contribution < -0.4 is 10.6 Å². The number of nitrogens with one attached hydrogen (secondary N) is 2. The van der Waals surface area contributed by atoms with Gasteiger partial charge in [0.15, 0.2) is 0 Å². The molecule has 1 aromatic carbocycles. The van der Waals surface area contributed by atoms with Gasteiger partial charge in [-0.2, -0.15) is 0 Å². The van der Waals surface area contributed by atoms with Crippen molar-refractivity contribution < 1.29 is 19.1 Å². The number of nitrogens with zero attached hydrogens (tertiary/aromatic N) is 2. The van der Waals surface area contributed by atoms with Crippen LogP contribution in [-0.2, 0) is 19.1 Å². The molecule has 9 heteroatoms. The summed E-state index contributed by atoms with van der Waals surface area (Å²) in [4.78, 5) is 46.4. The second kappa shape index (κ2) is 11.9. The van der Waals surface area contributed by atoms with Crippen molar-refractivity contribution in [1.82, 2.24) is 15.1 Å². The molecule has 0 aromatic heterocycles.